The molecule has 1 N–H and O–H groups in total. The highest BCUT2D eigenvalue weighted by molar-refractivity contribution is 6.24. The minimum Gasteiger partial charge on any atom is -0.453 e. The van der Waals surface area contributed by atoms with Crippen LogP contribution in [0.25, 0.3) is 10.9 Å². The topological polar surface area (TPSA) is 140 Å². The predicted molar refractivity (Wildman–Crippen MR) is 111 cm³/mol. The number of esters is 1. The van der Waals surface area contributed by atoms with Gasteiger partial charge in [-0.15, -0.1) is 0 Å². The van der Waals surface area contributed by atoms with Gasteiger partial charge in [0.2, 0.25) is 5.78 Å². The van der Waals surface area contributed by atoms with Gasteiger partial charge in [-0.2, -0.15) is 0 Å². The number of para-hydroxylation sites is 1. The molecular weight excluding hydrogens is 418 g/mol. The number of carbonyl (C=O) groups is 4. The summed E-state index contributed by atoms with van der Waals surface area (Å²) in [6, 6.07) is 10.9. The van der Waals surface area contributed by atoms with Crippen LogP contribution in [0.1, 0.15) is 43.7 Å². The van der Waals surface area contributed by atoms with E-state index >= 15 is 0 Å². The van der Waals surface area contributed by atoms with Gasteiger partial charge in [0.25, 0.3) is 17.5 Å². The second kappa shape index (κ2) is 7.73. The normalized spacial score (nSPS) is 13.9. The zero-order chi connectivity index (χ0) is 23.2. The minimum absolute atomic E-state index is 0.157. The number of Topliss-reactive ketones (excluding diaryl/α,β-unsaturated/α-hetero) is 1. The molecule has 32 heavy (non-hydrogen) atoms. The molecule has 0 radical (unpaired) electrons. The molecule has 2 amide bonds. The van der Waals surface area contributed by atoms with Crippen molar-refractivity contribution >= 4 is 40.2 Å². The van der Waals surface area contributed by atoms with Gasteiger partial charge in [-0.25, -0.2) is 0 Å². The lowest BCUT2D eigenvalue weighted by molar-refractivity contribution is -0.385. The summed E-state index contributed by atoms with van der Waals surface area (Å²) in [4.78, 5) is 64.6. The maximum atomic E-state index is 12.9. The number of amides is 2. The van der Waals surface area contributed by atoms with Crippen LogP contribution in [-0.2, 0) is 9.53 Å². The van der Waals surface area contributed by atoms with Crippen molar-refractivity contribution in [3.63, 3.8) is 0 Å². The van der Waals surface area contributed by atoms with E-state index in [0.29, 0.717) is 21.5 Å². The SMILES string of the molecule is Cc1[nH]c2ccccc2c1C(=O)C(C)OC(=O)CN1C(=O)c2cccc([N+](=O)[O-])c2C1=O. The molecule has 0 saturated heterocycles. The van der Waals surface area contributed by atoms with E-state index in [2.05, 4.69) is 4.98 Å². The van der Waals surface area contributed by atoms with Crippen molar-refractivity contribution in [3.05, 3.63) is 75.0 Å². The fraction of sp³-hybridized carbons (Fsp3) is 0.182. The number of nitrogens with zero attached hydrogens (tertiary/aromatic N) is 2. The summed E-state index contributed by atoms with van der Waals surface area (Å²) in [5.74, 6) is -3.22. The molecule has 0 bridgehead atoms. The Morgan fingerprint density at radius 1 is 1.12 bits per heavy atom. The summed E-state index contributed by atoms with van der Waals surface area (Å²) in [5.41, 5.74) is 0.725. The number of aryl methyl sites for hydroxylation is 1. The van der Waals surface area contributed by atoms with Gasteiger partial charge in [-0.05, 0) is 26.0 Å². The number of aromatic nitrogens is 1. The molecule has 162 valence electrons. The monoisotopic (exact) mass is 435 g/mol. The van der Waals surface area contributed by atoms with Crippen LogP contribution < -0.4 is 0 Å². The number of imide groups is 1. The van der Waals surface area contributed by atoms with Crippen LogP contribution in [0.4, 0.5) is 5.69 Å². The van der Waals surface area contributed by atoms with Crippen LogP contribution in [0.5, 0.6) is 0 Å². The fourth-order valence-corrected chi connectivity index (χ4v) is 3.83. The van der Waals surface area contributed by atoms with Crippen LogP contribution in [-0.4, -0.2) is 51.0 Å². The van der Waals surface area contributed by atoms with Gasteiger partial charge in [0.15, 0.2) is 6.10 Å². The molecule has 1 aliphatic rings. The number of nitrogens with one attached hydrogen (secondary N) is 1. The summed E-state index contributed by atoms with van der Waals surface area (Å²) in [6.07, 6.45) is -1.18. The van der Waals surface area contributed by atoms with E-state index in [0.717, 1.165) is 11.6 Å². The second-order valence-corrected chi connectivity index (χ2v) is 7.32. The number of fused-ring (bicyclic) bond motifs is 2. The Labute approximate surface area is 180 Å². The van der Waals surface area contributed by atoms with Crippen LogP contribution in [0.15, 0.2) is 42.5 Å². The molecule has 2 heterocycles. The predicted octanol–water partition coefficient (Wildman–Crippen LogP) is 2.80. The maximum Gasteiger partial charge on any atom is 0.326 e. The number of benzene rings is 2. The van der Waals surface area contributed by atoms with E-state index in [4.69, 9.17) is 4.74 Å². The maximum absolute atomic E-state index is 12.9. The van der Waals surface area contributed by atoms with Crippen molar-refractivity contribution in [2.45, 2.75) is 20.0 Å². The third-order valence-electron chi connectivity index (χ3n) is 5.28. The van der Waals surface area contributed by atoms with Crippen molar-refractivity contribution < 1.29 is 28.8 Å². The Morgan fingerprint density at radius 2 is 1.84 bits per heavy atom. The van der Waals surface area contributed by atoms with Gasteiger partial charge in [-0.1, -0.05) is 24.3 Å². The van der Waals surface area contributed by atoms with E-state index in [1.54, 1.807) is 19.1 Å². The smallest absolute Gasteiger partial charge is 0.326 e. The number of ketones is 1. The minimum atomic E-state index is -1.18. The molecule has 1 aliphatic heterocycles. The molecule has 4 rings (SSSR count). The molecule has 1 unspecified atom stereocenters. The summed E-state index contributed by atoms with van der Waals surface area (Å²) in [6.45, 7) is 2.36. The zero-order valence-corrected chi connectivity index (χ0v) is 17.1. The summed E-state index contributed by atoms with van der Waals surface area (Å²) in [7, 11) is 0. The number of hydrogen-bond donors (Lipinski definition) is 1. The fourth-order valence-electron chi connectivity index (χ4n) is 3.83. The molecule has 2 aromatic carbocycles. The Bertz CT molecular complexity index is 1320. The summed E-state index contributed by atoms with van der Waals surface area (Å²) >= 11 is 0. The average Bonchev–Trinajstić information content (AvgIpc) is 3.21. The van der Waals surface area contributed by atoms with Crippen molar-refractivity contribution in [2.75, 3.05) is 6.54 Å². The lowest BCUT2D eigenvalue weighted by atomic mass is 10.0. The number of ether oxygens (including phenoxy) is 1. The van der Waals surface area contributed by atoms with E-state index in [1.165, 1.54) is 19.1 Å². The first-order chi connectivity index (χ1) is 15.2. The molecule has 10 heteroatoms. The average molecular weight is 435 g/mol. The first-order valence-electron chi connectivity index (χ1n) is 9.65. The van der Waals surface area contributed by atoms with Gasteiger partial charge in [0.05, 0.1) is 10.5 Å². The quantitative estimate of drug-likeness (QED) is 0.206. The molecule has 1 aromatic heterocycles. The van der Waals surface area contributed by atoms with Crippen LogP contribution >= 0.6 is 0 Å². The first-order valence-corrected chi connectivity index (χ1v) is 9.65. The van der Waals surface area contributed by atoms with E-state index < -0.39 is 46.8 Å². The first kappa shape index (κ1) is 20.9. The molecule has 1 atom stereocenters. The Hall–Kier alpha value is -4.34. The molecule has 0 saturated carbocycles. The Balaban J connectivity index is 1.50. The Morgan fingerprint density at radius 3 is 2.56 bits per heavy atom. The second-order valence-electron chi connectivity index (χ2n) is 7.32. The standard InChI is InChI=1S/C22H17N3O7/c1-11-18(13-6-3-4-8-15(13)23-11)20(27)12(2)32-17(26)10-24-21(28)14-7-5-9-16(25(30)31)19(14)22(24)29/h3-9,12,23H,10H2,1-2H3. The van der Waals surface area contributed by atoms with Gasteiger partial charge < -0.3 is 9.72 Å². The van der Waals surface area contributed by atoms with Crippen molar-refractivity contribution in [3.8, 4) is 0 Å². The number of hydrogen-bond acceptors (Lipinski definition) is 7. The van der Waals surface area contributed by atoms with Gasteiger partial charge in [0, 0.05) is 28.2 Å². The zero-order valence-electron chi connectivity index (χ0n) is 17.1. The lowest BCUT2D eigenvalue weighted by Gasteiger charge is -2.16. The molecule has 0 spiro atoms. The molecule has 0 fully saturated rings. The van der Waals surface area contributed by atoms with Crippen molar-refractivity contribution in [1.29, 1.82) is 0 Å². The summed E-state index contributed by atoms with van der Waals surface area (Å²) < 4.78 is 5.19. The summed E-state index contributed by atoms with van der Waals surface area (Å²) in [5, 5.41) is 11.9. The Kier molecular flexibility index (Phi) is 5.05. The van der Waals surface area contributed by atoms with Crippen LogP contribution in [0.3, 0.4) is 0 Å². The van der Waals surface area contributed by atoms with Gasteiger partial charge >= 0.3 is 5.97 Å². The van der Waals surface area contributed by atoms with Gasteiger partial charge in [-0.3, -0.25) is 34.2 Å². The number of rotatable bonds is 6. The van der Waals surface area contributed by atoms with Crippen molar-refractivity contribution in [1.82, 2.24) is 9.88 Å². The lowest BCUT2D eigenvalue weighted by Crippen LogP contribution is -2.37. The third kappa shape index (κ3) is 3.31. The highest BCUT2D eigenvalue weighted by Crippen LogP contribution is 2.30. The molecular formula is C22H17N3O7. The van der Waals surface area contributed by atoms with Gasteiger partial charge in [0.1, 0.15) is 12.1 Å². The largest absolute Gasteiger partial charge is 0.453 e. The number of carbonyl (C=O) groups excluding carboxylic acids is 4. The molecule has 10 nitrogen and oxygen atoms in total. The number of aromatic amines is 1. The number of nitro benzene ring substituents is 1. The highest BCUT2D eigenvalue weighted by Gasteiger charge is 2.42. The van der Waals surface area contributed by atoms with Crippen molar-refractivity contribution in [2.24, 2.45) is 0 Å². The molecule has 3 aromatic rings. The van der Waals surface area contributed by atoms with Crippen LogP contribution in [0.2, 0.25) is 0 Å². The number of H-pyrrole nitrogens is 1. The number of nitro groups is 1. The van der Waals surface area contributed by atoms with E-state index in [9.17, 15) is 29.3 Å². The van der Waals surface area contributed by atoms with E-state index in [-0.39, 0.29) is 11.1 Å². The molecule has 0 aliphatic carbocycles. The highest BCUT2D eigenvalue weighted by atomic mass is 16.6. The third-order valence-corrected chi connectivity index (χ3v) is 5.28. The van der Waals surface area contributed by atoms with E-state index in [1.807, 2.05) is 12.1 Å². The van der Waals surface area contributed by atoms with Crippen LogP contribution in [0, 0.1) is 17.0 Å².